The summed E-state index contributed by atoms with van der Waals surface area (Å²) in [4.78, 5) is 17.0. The summed E-state index contributed by atoms with van der Waals surface area (Å²) in [5, 5.41) is 3.27. The number of rotatable bonds is 5. The highest BCUT2D eigenvalue weighted by Crippen LogP contribution is 2.46. The van der Waals surface area contributed by atoms with Crippen LogP contribution in [0.3, 0.4) is 0 Å². The van der Waals surface area contributed by atoms with Crippen molar-refractivity contribution in [3.8, 4) is 5.75 Å². The van der Waals surface area contributed by atoms with Crippen LogP contribution in [0, 0.1) is 18.3 Å². The highest BCUT2D eigenvalue weighted by atomic mass is 19.4. The molecule has 0 aliphatic heterocycles. The van der Waals surface area contributed by atoms with E-state index < -0.39 is 12.3 Å². The molecule has 6 nitrogen and oxygen atoms in total. The van der Waals surface area contributed by atoms with Gasteiger partial charge in [-0.15, -0.1) is 13.2 Å². The van der Waals surface area contributed by atoms with Crippen molar-refractivity contribution in [2.75, 3.05) is 12.4 Å². The van der Waals surface area contributed by atoms with Crippen LogP contribution >= 0.6 is 0 Å². The second-order valence-corrected chi connectivity index (χ2v) is 10.2. The number of anilines is 2. The van der Waals surface area contributed by atoms with E-state index in [0.717, 1.165) is 30.3 Å². The van der Waals surface area contributed by atoms with Crippen molar-refractivity contribution < 1.29 is 27.4 Å². The number of methoxy groups -OCH3 is 1. The first-order valence-electron chi connectivity index (χ1n) is 11.6. The molecule has 1 aliphatic rings. The van der Waals surface area contributed by atoms with Gasteiger partial charge in [-0.2, -0.15) is 0 Å². The van der Waals surface area contributed by atoms with Crippen LogP contribution in [-0.4, -0.2) is 29.0 Å². The van der Waals surface area contributed by atoms with E-state index in [4.69, 9.17) is 9.72 Å². The Hall–Kier alpha value is -3.23. The molecule has 188 valence electrons. The van der Waals surface area contributed by atoms with Crippen molar-refractivity contribution in [3.05, 3.63) is 47.5 Å². The smallest absolute Gasteiger partial charge is 0.465 e. The summed E-state index contributed by atoms with van der Waals surface area (Å²) in [6.45, 7) is 8.65. The minimum atomic E-state index is -4.75. The molecule has 0 spiro atoms. The number of fused-ring (bicyclic) bond motifs is 1. The van der Waals surface area contributed by atoms with Gasteiger partial charge in [0.2, 0.25) is 5.95 Å². The van der Waals surface area contributed by atoms with Gasteiger partial charge >= 0.3 is 12.3 Å². The van der Waals surface area contributed by atoms with Gasteiger partial charge in [-0.3, -0.25) is 0 Å². The molecule has 1 saturated carbocycles. The number of nitrogens with one attached hydrogen (secondary N) is 1. The zero-order valence-electron chi connectivity index (χ0n) is 20.5. The van der Waals surface area contributed by atoms with Crippen molar-refractivity contribution >= 4 is 28.6 Å². The second kappa shape index (κ2) is 9.09. The summed E-state index contributed by atoms with van der Waals surface area (Å²) in [5.41, 5.74) is 3.49. The van der Waals surface area contributed by atoms with Gasteiger partial charge < -0.3 is 19.4 Å². The zero-order chi connectivity index (χ0) is 25.5. The number of nitrogens with zero attached hydrogens (tertiary/aromatic N) is 2. The first-order valence-corrected chi connectivity index (χ1v) is 11.6. The van der Waals surface area contributed by atoms with Gasteiger partial charge in [0.15, 0.2) is 0 Å². The van der Waals surface area contributed by atoms with Crippen LogP contribution in [0.25, 0.3) is 11.0 Å². The fourth-order valence-corrected chi connectivity index (χ4v) is 5.39. The van der Waals surface area contributed by atoms with Gasteiger partial charge in [0, 0.05) is 11.7 Å². The Morgan fingerprint density at radius 3 is 2.46 bits per heavy atom. The Bertz CT molecular complexity index is 1230. The van der Waals surface area contributed by atoms with Gasteiger partial charge in [-0.05, 0) is 79.5 Å². The molecule has 1 aromatic heterocycles. The average Bonchev–Trinajstić information content (AvgIpc) is 3.08. The molecule has 0 amide bonds. The third-order valence-corrected chi connectivity index (χ3v) is 6.51. The van der Waals surface area contributed by atoms with Crippen molar-refractivity contribution in [2.45, 2.75) is 59.4 Å². The number of halogens is 3. The lowest BCUT2D eigenvalue weighted by molar-refractivity contribution is -0.274. The Labute approximate surface area is 202 Å². The molecule has 9 heteroatoms. The minimum Gasteiger partial charge on any atom is -0.465 e. The fraction of sp³-hybridized carbons (Fsp3) is 0.462. The van der Waals surface area contributed by atoms with E-state index in [9.17, 15) is 18.0 Å². The number of ether oxygens (including phenoxy) is 2. The van der Waals surface area contributed by atoms with E-state index in [1.54, 1.807) is 6.07 Å². The normalized spacial score (nSPS) is 20.0. The Balaban J connectivity index is 1.77. The number of carbonyl (C=O) groups is 1. The SMILES string of the molecule is COC(=O)c1cc2nc(Nc3ccc(OC(F)(F)F)cc3)n([C@@H]3C[C@H](C)CC(C)(C)C3)c2cc1C. The van der Waals surface area contributed by atoms with Crippen LogP contribution in [0.15, 0.2) is 36.4 Å². The molecule has 2 atom stereocenters. The fourth-order valence-electron chi connectivity index (χ4n) is 5.39. The molecule has 0 unspecified atom stereocenters. The quantitative estimate of drug-likeness (QED) is 0.385. The number of aromatic nitrogens is 2. The maximum Gasteiger partial charge on any atom is 0.573 e. The number of alkyl halides is 3. The van der Waals surface area contributed by atoms with Crippen molar-refractivity contribution in [1.82, 2.24) is 9.55 Å². The standard InChI is InChI=1S/C26H30F3N3O3/c1-15-10-18(14-25(3,4)13-15)32-22-11-16(2)20(23(33)34-5)12-21(22)31-24(32)30-17-6-8-19(9-7-17)35-26(27,28)29/h6-9,11-12,15,18H,10,13-14H2,1-5H3,(H,30,31)/t15-,18+/m0/s1. The van der Waals surface area contributed by atoms with Crippen LogP contribution in [0.5, 0.6) is 5.75 Å². The van der Waals surface area contributed by atoms with Gasteiger partial charge in [-0.25, -0.2) is 9.78 Å². The van der Waals surface area contributed by atoms with Crippen molar-refractivity contribution in [3.63, 3.8) is 0 Å². The van der Waals surface area contributed by atoms with E-state index in [-0.39, 0.29) is 17.2 Å². The maximum atomic E-state index is 12.5. The third kappa shape index (κ3) is 5.55. The van der Waals surface area contributed by atoms with Gasteiger partial charge in [-0.1, -0.05) is 20.8 Å². The molecular formula is C26H30F3N3O3. The van der Waals surface area contributed by atoms with E-state index >= 15 is 0 Å². The van der Waals surface area contributed by atoms with Gasteiger partial charge in [0.25, 0.3) is 0 Å². The topological polar surface area (TPSA) is 65.4 Å². The number of hydrogen-bond acceptors (Lipinski definition) is 5. The molecule has 0 saturated heterocycles. The molecule has 0 radical (unpaired) electrons. The van der Waals surface area contributed by atoms with Crippen LogP contribution in [-0.2, 0) is 4.74 Å². The summed E-state index contributed by atoms with van der Waals surface area (Å²) in [7, 11) is 1.34. The summed E-state index contributed by atoms with van der Waals surface area (Å²) in [6.07, 6.45) is -1.69. The number of carbonyl (C=O) groups excluding carboxylic acids is 1. The summed E-state index contributed by atoms with van der Waals surface area (Å²) in [5.74, 6) is 0.364. The van der Waals surface area contributed by atoms with Gasteiger partial charge in [0.1, 0.15) is 5.75 Å². The van der Waals surface area contributed by atoms with E-state index in [0.29, 0.717) is 28.6 Å². The molecule has 1 aliphatic carbocycles. The third-order valence-electron chi connectivity index (χ3n) is 6.51. The molecule has 2 aromatic carbocycles. The monoisotopic (exact) mass is 489 g/mol. The molecule has 3 aromatic rings. The van der Waals surface area contributed by atoms with Crippen LogP contribution in [0.1, 0.15) is 62.0 Å². The lowest BCUT2D eigenvalue weighted by atomic mass is 9.70. The minimum absolute atomic E-state index is 0.147. The number of hydrogen-bond donors (Lipinski definition) is 1. The lowest BCUT2D eigenvalue weighted by Gasteiger charge is -2.40. The van der Waals surface area contributed by atoms with Crippen molar-refractivity contribution in [1.29, 1.82) is 0 Å². The highest BCUT2D eigenvalue weighted by molar-refractivity contribution is 5.96. The number of esters is 1. The molecule has 35 heavy (non-hydrogen) atoms. The first-order chi connectivity index (χ1) is 16.3. The summed E-state index contributed by atoms with van der Waals surface area (Å²) < 4.78 is 48.6. The molecule has 0 bridgehead atoms. The maximum absolute atomic E-state index is 12.5. The molecule has 4 rings (SSSR count). The van der Waals surface area contributed by atoms with Gasteiger partial charge in [0.05, 0.1) is 23.7 Å². The van der Waals surface area contributed by atoms with Crippen molar-refractivity contribution in [2.24, 2.45) is 11.3 Å². The number of imidazole rings is 1. The van der Waals surface area contributed by atoms with E-state index in [1.165, 1.54) is 31.4 Å². The van der Waals surface area contributed by atoms with E-state index in [1.807, 2.05) is 13.0 Å². The summed E-state index contributed by atoms with van der Waals surface area (Å²) >= 11 is 0. The second-order valence-electron chi connectivity index (χ2n) is 10.2. The first kappa shape index (κ1) is 24.9. The number of benzene rings is 2. The predicted octanol–water partition coefficient (Wildman–Crippen LogP) is 7.16. The van der Waals surface area contributed by atoms with Crippen LogP contribution in [0.2, 0.25) is 0 Å². The largest absolute Gasteiger partial charge is 0.573 e. The van der Waals surface area contributed by atoms with E-state index in [2.05, 4.69) is 35.4 Å². The van der Waals surface area contributed by atoms with Crippen LogP contribution in [0.4, 0.5) is 24.8 Å². The Morgan fingerprint density at radius 2 is 1.86 bits per heavy atom. The molecule has 1 N–H and O–H groups in total. The number of aryl methyl sites for hydroxylation is 1. The predicted molar refractivity (Wildman–Crippen MR) is 128 cm³/mol. The Morgan fingerprint density at radius 1 is 1.17 bits per heavy atom. The average molecular weight is 490 g/mol. The zero-order valence-corrected chi connectivity index (χ0v) is 20.5. The van der Waals surface area contributed by atoms with Crippen LogP contribution < -0.4 is 10.1 Å². The highest BCUT2D eigenvalue weighted by Gasteiger charge is 2.35. The lowest BCUT2D eigenvalue weighted by Crippen LogP contribution is -2.29. The Kier molecular flexibility index (Phi) is 6.46. The molecule has 1 heterocycles. The summed E-state index contributed by atoms with van der Waals surface area (Å²) in [6, 6.07) is 9.40. The molecular weight excluding hydrogens is 459 g/mol. The molecule has 1 fully saturated rings.